The minimum absolute atomic E-state index is 0.0283. The molecule has 3 amide bonds. The Morgan fingerprint density at radius 3 is 2.52 bits per heavy atom. The van der Waals surface area contributed by atoms with Crippen molar-refractivity contribution in [3.05, 3.63) is 70.9 Å². The number of nitrogens with zero attached hydrogens (tertiary/aromatic N) is 1. The molecule has 2 aliphatic rings. The van der Waals surface area contributed by atoms with E-state index in [0.717, 1.165) is 16.9 Å². The van der Waals surface area contributed by atoms with Crippen LogP contribution in [0.15, 0.2) is 64.7 Å². The summed E-state index contributed by atoms with van der Waals surface area (Å²) in [5.41, 5.74) is 3.42. The van der Waals surface area contributed by atoms with Crippen molar-refractivity contribution in [2.24, 2.45) is 0 Å². The highest BCUT2D eigenvalue weighted by atomic mass is 32.2. The third kappa shape index (κ3) is 4.29. The number of esters is 1. The summed E-state index contributed by atoms with van der Waals surface area (Å²) in [6, 6.07) is 14.2. The van der Waals surface area contributed by atoms with Crippen molar-refractivity contribution in [1.29, 1.82) is 0 Å². The van der Waals surface area contributed by atoms with Gasteiger partial charge in [-0.1, -0.05) is 31.2 Å². The second kappa shape index (κ2) is 8.85. The minimum atomic E-state index is -0.602. The van der Waals surface area contributed by atoms with Gasteiger partial charge in [-0.15, -0.1) is 11.8 Å². The highest BCUT2D eigenvalue weighted by molar-refractivity contribution is 7.98. The molecule has 0 fully saturated rings. The standard InChI is InChI=1S/C23H23N3O4S/c1-3-14-4-8-16(9-5-14)24-19(27)12-26-18-13-30-22(28)20(18)21(25-23(26)29)15-6-10-17(31-2)11-7-15/h4-11,21H,3,12-13H2,1-2H3,(H,24,27)(H,25,29). The molecule has 0 spiro atoms. The zero-order valence-electron chi connectivity index (χ0n) is 17.3. The second-order valence-corrected chi connectivity index (χ2v) is 8.16. The number of anilines is 1. The summed E-state index contributed by atoms with van der Waals surface area (Å²) in [4.78, 5) is 40.2. The summed E-state index contributed by atoms with van der Waals surface area (Å²) in [7, 11) is 0. The summed E-state index contributed by atoms with van der Waals surface area (Å²) in [5, 5.41) is 5.64. The molecule has 0 radical (unpaired) electrons. The quantitative estimate of drug-likeness (QED) is 0.534. The number of thioether (sulfide) groups is 1. The van der Waals surface area contributed by atoms with Crippen molar-refractivity contribution in [3.63, 3.8) is 0 Å². The van der Waals surface area contributed by atoms with Gasteiger partial charge in [-0.3, -0.25) is 9.69 Å². The maximum Gasteiger partial charge on any atom is 0.338 e. The van der Waals surface area contributed by atoms with Crippen molar-refractivity contribution >= 4 is 35.4 Å². The average molecular weight is 438 g/mol. The fourth-order valence-corrected chi connectivity index (χ4v) is 4.10. The molecule has 31 heavy (non-hydrogen) atoms. The van der Waals surface area contributed by atoms with Crippen molar-refractivity contribution in [1.82, 2.24) is 10.2 Å². The van der Waals surface area contributed by atoms with Crippen LogP contribution in [0.3, 0.4) is 0 Å². The van der Waals surface area contributed by atoms with Crippen LogP contribution in [0.25, 0.3) is 0 Å². The topological polar surface area (TPSA) is 87.7 Å². The number of ether oxygens (including phenoxy) is 1. The lowest BCUT2D eigenvalue weighted by Crippen LogP contribution is -2.49. The Hall–Kier alpha value is -3.26. The van der Waals surface area contributed by atoms with E-state index in [0.29, 0.717) is 17.0 Å². The molecule has 160 valence electrons. The van der Waals surface area contributed by atoms with Crippen molar-refractivity contribution in [2.75, 3.05) is 24.7 Å². The molecular formula is C23H23N3O4S. The lowest BCUT2D eigenvalue weighted by atomic mass is 9.96. The predicted octanol–water partition coefficient (Wildman–Crippen LogP) is 3.49. The molecule has 4 rings (SSSR count). The molecule has 0 saturated carbocycles. The van der Waals surface area contributed by atoms with Crippen LogP contribution < -0.4 is 10.6 Å². The molecule has 2 aromatic carbocycles. The summed E-state index contributed by atoms with van der Waals surface area (Å²) in [6.07, 6.45) is 2.89. The maximum atomic E-state index is 12.9. The summed E-state index contributed by atoms with van der Waals surface area (Å²) >= 11 is 1.61. The number of hydrogen-bond acceptors (Lipinski definition) is 5. The number of cyclic esters (lactones) is 1. The van der Waals surface area contributed by atoms with Gasteiger partial charge >= 0.3 is 12.0 Å². The molecule has 1 atom stereocenters. The number of aryl methyl sites for hydroxylation is 1. The average Bonchev–Trinajstić information content (AvgIpc) is 3.17. The minimum Gasteiger partial charge on any atom is -0.456 e. The third-order valence-corrected chi connectivity index (χ3v) is 6.14. The zero-order valence-corrected chi connectivity index (χ0v) is 18.1. The fourth-order valence-electron chi connectivity index (χ4n) is 3.69. The Balaban J connectivity index is 1.55. The largest absolute Gasteiger partial charge is 0.456 e. The van der Waals surface area contributed by atoms with E-state index in [9.17, 15) is 14.4 Å². The Labute approximate surface area is 184 Å². The molecule has 0 saturated heterocycles. The normalized spacial score (nSPS) is 17.9. The first-order chi connectivity index (χ1) is 15.0. The van der Waals surface area contributed by atoms with Gasteiger partial charge in [0.1, 0.15) is 13.2 Å². The van der Waals surface area contributed by atoms with Gasteiger partial charge in [0.2, 0.25) is 5.91 Å². The van der Waals surface area contributed by atoms with Gasteiger partial charge in [-0.2, -0.15) is 0 Å². The van der Waals surface area contributed by atoms with Gasteiger partial charge in [0.25, 0.3) is 0 Å². The number of carbonyl (C=O) groups excluding carboxylic acids is 3. The monoisotopic (exact) mass is 437 g/mol. The lowest BCUT2D eigenvalue weighted by molar-refractivity contribution is -0.136. The number of urea groups is 1. The summed E-state index contributed by atoms with van der Waals surface area (Å²) in [5.74, 6) is -0.831. The first-order valence-electron chi connectivity index (χ1n) is 10.0. The molecule has 0 bridgehead atoms. The highest BCUT2D eigenvalue weighted by Gasteiger charge is 2.42. The smallest absolute Gasteiger partial charge is 0.338 e. The predicted molar refractivity (Wildman–Crippen MR) is 119 cm³/mol. The van der Waals surface area contributed by atoms with Crippen molar-refractivity contribution < 1.29 is 19.1 Å². The number of hydrogen-bond donors (Lipinski definition) is 2. The van der Waals surface area contributed by atoms with Crippen LogP contribution in [-0.2, 0) is 20.7 Å². The van der Waals surface area contributed by atoms with E-state index in [1.807, 2.05) is 54.8 Å². The fraction of sp³-hybridized carbons (Fsp3) is 0.261. The van der Waals surface area contributed by atoms with Crippen LogP contribution in [-0.4, -0.2) is 42.2 Å². The van der Waals surface area contributed by atoms with E-state index in [1.54, 1.807) is 11.8 Å². The van der Waals surface area contributed by atoms with Crippen LogP contribution in [0.5, 0.6) is 0 Å². The van der Waals surface area contributed by atoms with E-state index in [1.165, 1.54) is 10.5 Å². The summed E-state index contributed by atoms with van der Waals surface area (Å²) in [6.45, 7) is 1.82. The molecule has 2 aliphatic heterocycles. The van der Waals surface area contributed by atoms with Gasteiger partial charge in [-0.25, -0.2) is 9.59 Å². The number of carbonyl (C=O) groups is 3. The number of amides is 3. The SMILES string of the molecule is CCc1ccc(NC(=O)CN2C(=O)NC(c3ccc(SC)cc3)C3=C2COC3=O)cc1. The Morgan fingerprint density at radius 1 is 1.16 bits per heavy atom. The molecule has 2 N–H and O–H groups in total. The zero-order chi connectivity index (χ0) is 22.0. The van der Waals surface area contributed by atoms with Crippen molar-refractivity contribution in [3.8, 4) is 0 Å². The van der Waals surface area contributed by atoms with Gasteiger partial charge in [0.15, 0.2) is 0 Å². The molecule has 2 heterocycles. The van der Waals surface area contributed by atoms with E-state index >= 15 is 0 Å². The molecule has 1 unspecified atom stereocenters. The number of nitrogens with one attached hydrogen (secondary N) is 2. The molecule has 2 aromatic rings. The van der Waals surface area contributed by atoms with Gasteiger partial charge in [0, 0.05) is 10.6 Å². The highest BCUT2D eigenvalue weighted by Crippen LogP contribution is 2.35. The Bertz CT molecular complexity index is 1050. The summed E-state index contributed by atoms with van der Waals surface area (Å²) < 4.78 is 5.22. The van der Waals surface area contributed by atoms with Crippen LogP contribution >= 0.6 is 11.8 Å². The van der Waals surface area contributed by atoms with E-state index in [-0.39, 0.29) is 19.1 Å². The maximum absolute atomic E-state index is 12.9. The molecule has 0 aliphatic carbocycles. The Morgan fingerprint density at radius 2 is 1.87 bits per heavy atom. The molecule has 8 heteroatoms. The lowest BCUT2D eigenvalue weighted by Gasteiger charge is -2.32. The molecular weight excluding hydrogens is 414 g/mol. The van der Waals surface area contributed by atoms with Crippen LogP contribution in [0, 0.1) is 0 Å². The first kappa shape index (κ1) is 21.0. The molecule has 7 nitrogen and oxygen atoms in total. The van der Waals surface area contributed by atoms with Gasteiger partial charge in [0.05, 0.1) is 17.3 Å². The first-order valence-corrected chi connectivity index (χ1v) is 11.2. The van der Waals surface area contributed by atoms with Crippen LogP contribution in [0.4, 0.5) is 10.5 Å². The van der Waals surface area contributed by atoms with Gasteiger partial charge in [-0.05, 0) is 48.1 Å². The Kier molecular flexibility index (Phi) is 5.99. The molecule has 0 aromatic heterocycles. The van der Waals surface area contributed by atoms with Gasteiger partial charge < -0.3 is 15.4 Å². The number of rotatable bonds is 6. The van der Waals surface area contributed by atoms with Crippen molar-refractivity contribution in [2.45, 2.75) is 24.3 Å². The second-order valence-electron chi connectivity index (χ2n) is 7.28. The van der Waals surface area contributed by atoms with E-state index < -0.39 is 18.0 Å². The number of benzene rings is 2. The van der Waals surface area contributed by atoms with E-state index in [2.05, 4.69) is 17.6 Å². The van der Waals surface area contributed by atoms with E-state index in [4.69, 9.17) is 4.74 Å². The van der Waals surface area contributed by atoms with Crippen LogP contribution in [0.1, 0.15) is 24.1 Å². The van der Waals surface area contributed by atoms with Crippen LogP contribution in [0.2, 0.25) is 0 Å². The third-order valence-electron chi connectivity index (χ3n) is 5.40.